The molecule has 5 nitrogen and oxygen atoms in total. The summed E-state index contributed by atoms with van der Waals surface area (Å²) in [6, 6.07) is 0. The van der Waals surface area contributed by atoms with Gasteiger partial charge in [0.1, 0.15) is 5.60 Å². The number of nitrogens with one attached hydrogen (secondary N) is 1. The van der Waals surface area contributed by atoms with Crippen molar-refractivity contribution in [2.45, 2.75) is 45.6 Å². The molecule has 0 heterocycles. The molecule has 0 aromatic carbocycles. The fourth-order valence-electron chi connectivity index (χ4n) is 1.12. The van der Waals surface area contributed by atoms with Crippen LogP contribution < -0.4 is 5.32 Å². The Morgan fingerprint density at radius 1 is 1.33 bits per heavy atom. The van der Waals surface area contributed by atoms with E-state index in [9.17, 15) is 18.4 Å². The van der Waals surface area contributed by atoms with Gasteiger partial charge in [-0.1, -0.05) is 6.92 Å². The Morgan fingerprint density at radius 3 is 2.22 bits per heavy atom. The van der Waals surface area contributed by atoms with E-state index in [-0.39, 0.29) is 0 Å². The quantitative estimate of drug-likeness (QED) is 0.801. The second-order valence-electron chi connectivity index (χ2n) is 5.15. The highest BCUT2D eigenvalue weighted by Crippen LogP contribution is 2.23. The molecule has 1 atom stereocenters. The zero-order valence-corrected chi connectivity index (χ0v) is 10.9. The molecule has 0 saturated carbocycles. The van der Waals surface area contributed by atoms with E-state index in [0.29, 0.717) is 0 Å². The monoisotopic (exact) mass is 267 g/mol. The predicted molar refractivity (Wildman–Crippen MR) is 60.6 cm³/mol. The van der Waals surface area contributed by atoms with E-state index in [1.165, 1.54) is 6.92 Å². The first-order valence-corrected chi connectivity index (χ1v) is 5.50. The Hall–Kier alpha value is -1.40. The number of hydrogen-bond donors (Lipinski definition) is 2. The molecule has 18 heavy (non-hydrogen) atoms. The van der Waals surface area contributed by atoms with Gasteiger partial charge in [-0.25, -0.2) is 13.6 Å². The number of carbonyl (C=O) groups excluding carboxylic acids is 1. The molecule has 0 aliphatic carbocycles. The number of ether oxygens (including phenoxy) is 1. The molecule has 0 spiro atoms. The largest absolute Gasteiger partial charge is 0.481 e. The minimum absolute atomic E-state index is 0.770. The highest BCUT2D eigenvalue weighted by Gasteiger charge is 2.34. The second-order valence-corrected chi connectivity index (χ2v) is 5.15. The van der Waals surface area contributed by atoms with Crippen LogP contribution in [0.1, 0.15) is 34.1 Å². The van der Waals surface area contributed by atoms with E-state index in [1.807, 2.05) is 5.32 Å². The summed E-state index contributed by atoms with van der Waals surface area (Å²) in [5, 5.41) is 10.4. The van der Waals surface area contributed by atoms with Gasteiger partial charge in [-0.2, -0.15) is 0 Å². The molecular formula is C11H19F2NO4. The average molecular weight is 267 g/mol. The number of amides is 1. The molecule has 2 N–H and O–H groups in total. The zero-order valence-electron chi connectivity index (χ0n) is 10.9. The molecular weight excluding hydrogens is 248 g/mol. The standard InChI is InChI=1S/C11H19F2NO4/c1-7(8(15)16)5-11(12,13)6-14-9(17)18-10(2,3)4/h7H,5-6H2,1-4H3,(H,14,17)(H,15,16)/t7-/m1/s1. The molecule has 106 valence electrons. The maximum Gasteiger partial charge on any atom is 0.407 e. The molecule has 0 rings (SSSR count). The summed E-state index contributed by atoms with van der Waals surface area (Å²) >= 11 is 0. The number of alkyl carbamates (subject to hydrolysis) is 1. The number of halogens is 2. The number of carboxylic acids is 1. The lowest BCUT2D eigenvalue weighted by Gasteiger charge is -2.22. The third-order valence-electron chi connectivity index (χ3n) is 1.92. The van der Waals surface area contributed by atoms with Crippen molar-refractivity contribution in [3.05, 3.63) is 0 Å². The summed E-state index contributed by atoms with van der Waals surface area (Å²) < 4.78 is 31.4. The van der Waals surface area contributed by atoms with Crippen LogP contribution in [0.25, 0.3) is 0 Å². The normalized spacial score (nSPS) is 13.9. The first-order valence-electron chi connectivity index (χ1n) is 5.50. The summed E-state index contributed by atoms with van der Waals surface area (Å²) in [6.45, 7) is 5.06. The maximum atomic E-state index is 13.3. The number of alkyl halides is 2. The van der Waals surface area contributed by atoms with Crippen molar-refractivity contribution < 1.29 is 28.2 Å². The Labute approximate surface area is 105 Å². The Bertz CT molecular complexity index is 313. The number of rotatable bonds is 5. The Morgan fingerprint density at radius 2 is 1.83 bits per heavy atom. The zero-order chi connectivity index (χ0) is 14.6. The lowest BCUT2D eigenvalue weighted by atomic mass is 10.0. The fourth-order valence-corrected chi connectivity index (χ4v) is 1.12. The van der Waals surface area contributed by atoms with E-state index in [4.69, 9.17) is 9.84 Å². The number of carbonyl (C=O) groups is 2. The van der Waals surface area contributed by atoms with Crippen LogP contribution >= 0.6 is 0 Å². The second kappa shape index (κ2) is 5.97. The molecule has 0 aliphatic rings. The van der Waals surface area contributed by atoms with Crippen molar-refractivity contribution >= 4 is 12.1 Å². The van der Waals surface area contributed by atoms with Gasteiger partial charge in [-0.3, -0.25) is 4.79 Å². The van der Waals surface area contributed by atoms with Crippen molar-refractivity contribution in [2.24, 2.45) is 5.92 Å². The third kappa shape index (κ3) is 7.81. The van der Waals surface area contributed by atoms with E-state index >= 15 is 0 Å². The van der Waals surface area contributed by atoms with Crippen LogP contribution in [0, 0.1) is 5.92 Å². The molecule has 0 radical (unpaired) electrons. The third-order valence-corrected chi connectivity index (χ3v) is 1.92. The topological polar surface area (TPSA) is 75.6 Å². The molecule has 0 aromatic heterocycles. The molecule has 0 saturated heterocycles. The lowest BCUT2D eigenvalue weighted by molar-refractivity contribution is -0.144. The van der Waals surface area contributed by atoms with E-state index < -0.39 is 42.5 Å². The summed E-state index contributed by atoms with van der Waals surface area (Å²) in [6.07, 6.45) is -1.79. The molecule has 1 amide bonds. The van der Waals surface area contributed by atoms with Gasteiger partial charge in [-0.15, -0.1) is 0 Å². The summed E-state index contributed by atoms with van der Waals surface area (Å²) in [7, 11) is 0. The molecule has 7 heteroatoms. The highest BCUT2D eigenvalue weighted by atomic mass is 19.3. The SMILES string of the molecule is C[C@H](CC(F)(F)CNC(=O)OC(C)(C)C)C(=O)O. The van der Waals surface area contributed by atoms with Crippen LogP contribution in [0.3, 0.4) is 0 Å². The van der Waals surface area contributed by atoms with Gasteiger partial charge in [0.05, 0.1) is 12.5 Å². The van der Waals surface area contributed by atoms with Crippen LogP contribution in [-0.2, 0) is 9.53 Å². The van der Waals surface area contributed by atoms with Crippen LogP contribution in [0.2, 0.25) is 0 Å². The number of carboxylic acid groups (broad SMARTS) is 1. The fraction of sp³-hybridized carbons (Fsp3) is 0.818. The first kappa shape index (κ1) is 16.6. The van der Waals surface area contributed by atoms with Crippen molar-refractivity contribution in [1.29, 1.82) is 0 Å². The van der Waals surface area contributed by atoms with Gasteiger partial charge in [0.25, 0.3) is 5.92 Å². The summed E-state index contributed by atoms with van der Waals surface area (Å²) in [4.78, 5) is 21.6. The summed E-state index contributed by atoms with van der Waals surface area (Å²) in [5.41, 5.74) is -0.770. The van der Waals surface area contributed by atoms with E-state index in [2.05, 4.69) is 0 Å². The molecule has 0 unspecified atom stereocenters. The van der Waals surface area contributed by atoms with Crippen LogP contribution in [0.15, 0.2) is 0 Å². The minimum atomic E-state index is -3.28. The van der Waals surface area contributed by atoms with Gasteiger partial charge in [0.2, 0.25) is 0 Å². The predicted octanol–water partition coefficient (Wildman–Crippen LogP) is 2.26. The van der Waals surface area contributed by atoms with E-state index in [0.717, 1.165) is 0 Å². The number of hydrogen-bond acceptors (Lipinski definition) is 3. The molecule has 0 fully saturated rings. The molecule has 0 aromatic rings. The lowest BCUT2D eigenvalue weighted by Crippen LogP contribution is -2.41. The van der Waals surface area contributed by atoms with Gasteiger partial charge >= 0.3 is 12.1 Å². The van der Waals surface area contributed by atoms with Gasteiger partial charge < -0.3 is 15.2 Å². The summed E-state index contributed by atoms with van der Waals surface area (Å²) in [5.74, 6) is -5.76. The maximum absolute atomic E-state index is 13.3. The Kier molecular flexibility index (Phi) is 5.51. The average Bonchev–Trinajstić information content (AvgIpc) is 2.11. The van der Waals surface area contributed by atoms with Crippen LogP contribution in [0.4, 0.5) is 13.6 Å². The van der Waals surface area contributed by atoms with Crippen LogP contribution in [-0.4, -0.2) is 35.2 Å². The van der Waals surface area contributed by atoms with Gasteiger partial charge in [0, 0.05) is 6.42 Å². The first-order chi connectivity index (χ1) is 7.93. The van der Waals surface area contributed by atoms with Gasteiger partial charge in [0.15, 0.2) is 0 Å². The minimum Gasteiger partial charge on any atom is -0.481 e. The highest BCUT2D eigenvalue weighted by molar-refractivity contribution is 5.69. The van der Waals surface area contributed by atoms with Crippen molar-refractivity contribution in [1.82, 2.24) is 5.32 Å². The van der Waals surface area contributed by atoms with Crippen molar-refractivity contribution in [3.8, 4) is 0 Å². The Balaban J connectivity index is 4.19. The molecule has 0 aliphatic heterocycles. The smallest absolute Gasteiger partial charge is 0.407 e. The number of aliphatic carboxylic acids is 1. The van der Waals surface area contributed by atoms with Crippen molar-refractivity contribution in [2.75, 3.05) is 6.54 Å². The molecule has 0 bridgehead atoms. The van der Waals surface area contributed by atoms with E-state index in [1.54, 1.807) is 20.8 Å². The van der Waals surface area contributed by atoms with Gasteiger partial charge in [-0.05, 0) is 20.8 Å². The van der Waals surface area contributed by atoms with Crippen molar-refractivity contribution in [3.63, 3.8) is 0 Å². The van der Waals surface area contributed by atoms with Crippen LogP contribution in [0.5, 0.6) is 0 Å².